The number of hydrogen-bond acceptors (Lipinski definition) is 7. The minimum absolute atomic E-state index is 0.143. The number of nitrogens with two attached hydrogens (primary N) is 1. The summed E-state index contributed by atoms with van der Waals surface area (Å²) in [5.41, 5.74) is 14.7. The first kappa shape index (κ1) is 19.0. The van der Waals surface area contributed by atoms with Crippen molar-refractivity contribution < 1.29 is 9.53 Å². The molecule has 1 aromatic heterocycles. The second-order valence-electron chi connectivity index (χ2n) is 6.26. The molecule has 0 saturated heterocycles. The molecule has 0 fully saturated rings. The molecule has 5 N–H and O–H groups in total. The number of nitrogens with one attached hydrogen (secondary N) is 3. The number of aromatic nitrogens is 2. The molecule has 144 valence electrons. The van der Waals surface area contributed by atoms with Gasteiger partial charge in [-0.25, -0.2) is 9.97 Å². The van der Waals surface area contributed by atoms with E-state index < -0.39 is 0 Å². The van der Waals surface area contributed by atoms with E-state index in [2.05, 4.69) is 32.2 Å². The summed E-state index contributed by atoms with van der Waals surface area (Å²) in [4.78, 5) is 20.2. The Morgan fingerprint density at radius 1 is 1.04 bits per heavy atom. The van der Waals surface area contributed by atoms with E-state index in [-0.39, 0.29) is 24.0 Å². The Bertz CT molecular complexity index is 942. The van der Waals surface area contributed by atoms with Crippen molar-refractivity contribution >= 4 is 28.9 Å². The number of nitrogen functional groups attached to an aromatic ring is 1. The van der Waals surface area contributed by atoms with Crippen molar-refractivity contribution in [1.82, 2.24) is 15.4 Å². The quantitative estimate of drug-likeness (QED) is 0.467. The van der Waals surface area contributed by atoms with Gasteiger partial charge in [0.15, 0.2) is 18.2 Å². The van der Waals surface area contributed by atoms with Crippen LogP contribution in [0.4, 0.5) is 23.0 Å². The summed E-state index contributed by atoms with van der Waals surface area (Å²) in [5.74, 6) is 0.969. The molecule has 0 aliphatic rings. The molecular formula is C20H22N6O2. The molecule has 3 rings (SSSR count). The van der Waals surface area contributed by atoms with E-state index >= 15 is 0 Å². The van der Waals surface area contributed by atoms with Gasteiger partial charge < -0.3 is 15.8 Å². The minimum atomic E-state index is -0.370. The lowest BCUT2D eigenvalue weighted by molar-refractivity contribution is -0.122. The predicted octanol–water partition coefficient (Wildman–Crippen LogP) is 2.94. The fraction of sp³-hybridized carbons (Fsp3) is 0.150. The fourth-order valence-corrected chi connectivity index (χ4v) is 2.61. The van der Waals surface area contributed by atoms with Gasteiger partial charge in [-0.05, 0) is 49.2 Å². The van der Waals surface area contributed by atoms with Gasteiger partial charge in [0.2, 0.25) is 0 Å². The molecule has 8 nitrogen and oxygen atoms in total. The van der Waals surface area contributed by atoms with E-state index in [1.165, 1.54) is 6.33 Å². The van der Waals surface area contributed by atoms with Crippen LogP contribution in [-0.2, 0) is 4.79 Å². The standard InChI is InChI=1S/C20H22N6O2/c1-13-8-14(2)10-15(9-13)24-19-18(21)20(23-12-22-19)26-25-17(27)11-28-16-6-4-3-5-7-16/h3-10,12H,11,21H2,1-2H3,(H,25,27)(H2,22,23,24,26). The van der Waals surface area contributed by atoms with Crippen LogP contribution in [0.2, 0.25) is 0 Å². The SMILES string of the molecule is Cc1cc(C)cc(Nc2ncnc(NNC(=O)COc3ccccc3)c2N)c1. The second kappa shape index (κ2) is 8.72. The van der Waals surface area contributed by atoms with Crippen LogP contribution in [0.1, 0.15) is 11.1 Å². The highest BCUT2D eigenvalue weighted by atomic mass is 16.5. The maximum atomic E-state index is 12.0. The molecule has 0 atom stereocenters. The third kappa shape index (κ3) is 5.10. The van der Waals surface area contributed by atoms with Gasteiger partial charge in [-0.1, -0.05) is 24.3 Å². The number of carbonyl (C=O) groups excluding carboxylic acids is 1. The van der Waals surface area contributed by atoms with E-state index in [0.29, 0.717) is 11.6 Å². The number of para-hydroxylation sites is 1. The smallest absolute Gasteiger partial charge is 0.276 e. The molecule has 28 heavy (non-hydrogen) atoms. The normalized spacial score (nSPS) is 10.2. The van der Waals surface area contributed by atoms with Gasteiger partial charge in [0.05, 0.1) is 0 Å². The highest BCUT2D eigenvalue weighted by Crippen LogP contribution is 2.26. The summed E-state index contributed by atoms with van der Waals surface area (Å²) in [6.45, 7) is 3.89. The molecule has 0 spiro atoms. The first-order valence-corrected chi connectivity index (χ1v) is 8.70. The van der Waals surface area contributed by atoms with Gasteiger partial charge in [-0.3, -0.25) is 15.6 Å². The number of amides is 1. The lowest BCUT2D eigenvalue weighted by Gasteiger charge is -2.14. The summed E-state index contributed by atoms with van der Waals surface area (Å²) in [6, 6.07) is 15.1. The molecule has 0 bridgehead atoms. The third-order valence-corrected chi connectivity index (χ3v) is 3.80. The van der Waals surface area contributed by atoms with Crippen LogP contribution in [0.25, 0.3) is 0 Å². The average Bonchev–Trinajstić information content (AvgIpc) is 2.67. The zero-order valence-electron chi connectivity index (χ0n) is 15.7. The van der Waals surface area contributed by atoms with Gasteiger partial charge in [0.1, 0.15) is 17.8 Å². The first-order chi connectivity index (χ1) is 13.5. The molecule has 0 aliphatic heterocycles. The molecule has 1 amide bonds. The zero-order valence-corrected chi connectivity index (χ0v) is 15.7. The molecule has 2 aromatic carbocycles. The van der Waals surface area contributed by atoms with Gasteiger partial charge in [-0.2, -0.15) is 0 Å². The fourth-order valence-electron chi connectivity index (χ4n) is 2.61. The van der Waals surface area contributed by atoms with Crippen LogP contribution in [0.3, 0.4) is 0 Å². The molecule has 0 aliphatic carbocycles. The highest BCUT2D eigenvalue weighted by molar-refractivity contribution is 5.82. The lowest BCUT2D eigenvalue weighted by Crippen LogP contribution is -2.34. The van der Waals surface area contributed by atoms with Gasteiger partial charge in [0, 0.05) is 5.69 Å². The predicted molar refractivity (Wildman–Crippen MR) is 109 cm³/mol. The Kier molecular flexibility index (Phi) is 5.91. The average molecular weight is 378 g/mol. The highest BCUT2D eigenvalue weighted by Gasteiger charge is 2.10. The van der Waals surface area contributed by atoms with E-state index in [4.69, 9.17) is 10.5 Å². The second-order valence-corrected chi connectivity index (χ2v) is 6.26. The number of benzene rings is 2. The van der Waals surface area contributed by atoms with E-state index in [1.54, 1.807) is 12.1 Å². The van der Waals surface area contributed by atoms with E-state index in [1.807, 2.05) is 44.2 Å². The number of ether oxygens (including phenoxy) is 1. The largest absolute Gasteiger partial charge is 0.484 e. The van der Waals surface area contributed by atoms with Crippen LogP contribution in [-0.4, -0.2) is 22.5 Å². The molecule has 0 saturated carbocycles. The summed E-state index contributed by atoms with van der Waals surface area (Å²) in [7, 11) is 0. The summed E-state index contributed by atoms with van der Waals surface area (Å²) < 4.78 is 5.38. The zero-order chi connectivity index (χ0) is 19.9. The molecular weight excluding hydrogens is 356 g/mol. The Hall–Kier alpha value is -3.81. The van der Waals surface area contributed by atoms with Crippen molar-refractivity contribution in [2.24, 2.45) is 0 Å². The number of hydrazine groups is 1. The van der Waals surface area contributed by atoms with Crippen molar-refractivity contribution in [3.8, 4) is 5.75 Å². The molecule has 1 heterocycles. The maximum absolute atomic E-state index is 12.0. The summed E-state index contributed by atoms with van der Waals surface area (Å²) >= 11 is 0. The Balaban J connectivity index is 1.60. The van der Waals surface area contributed by atoms with Crippen LogP contribution in [0, 0.1) is 13.8 Å². The van der Waals surface area contributed by atoms with Crippen LogP contribution >= 0.6 is 0 Å². The lowest BCUT2D eigenvalue weighted by atomic mass is 10.1. The number of rotatable bonds is 7. The van der Waals surface area contributed by atoms with E-state index in [9.17, 15) is 4.79 Å². The number of nitrogens with zero attached hydrogens (tertiary/aromatic N) is 2. The topological polar surface area (TPSA) is 114 Å². The Morgan fingerprint density at radius 3 is 2.43 bits per heavy atom. The minimum Gasteiger partial charge on any atom is -0.484 e. The van der Waals surface area contributed by atoms with Crippen LogP contribution in [0.5, 0.6) is 5.75 Å². The number of anilines is 4. The maximum Gasteiger partial charge on any atom is 0.276 e. The van der Waals surface area contributed by atoms with Crippen molar-refractivity contribution in [3.05, 3.63) is 66.0 Å². The van der Waals surface area contributed by atoms with Crippen molar-refractivity contribution in [2.75, 3.05) is 23.1 Å². The van der Waals surface area contributed by atoms with Crippen LogP contribution in [0.15, 0.2) is 54.9 Å². The van der Waals surface area contributed by atoms with Crippen LogP contribution < -0.4 is 26.6 Å². The van der Waals surface area contributed by atoms with Gasteiger partial charge >= 0.3 is 0 Å². The number of hydrogen-bond donors (Lipinski definition) is 4. The van der Waals surface area contributed by atoms with Gasteiger partial charge in [-0.15, -0.1) is 0 Å². The number of aryl methyl sites for hydroxylation is 2. The Morgan fingerprint density at radius 2 is 1.71 bits per heavy atom. The van der Waals surface area contributed by atoms with Crippen molar-refractivity contribution in [1.29, 1.82) is 0 Å². The molecule has 0 radical (unpaired) electrons. The summed E-state index contributed by atoms with van der Waals surface area (Å²) in [5, 5.41) is 3.18. The molecule has 3 aromatic rings. The Labute approximate surface area is 163 Å². The first-order valence-electron chi connectivity index (χ1n) is 8.70. The van der Waals surface area contributed by atoms with Crippen molar-refractivity contribution in [3.63, 3.8) is 0 Å². The molecule has 0 unspecified atom stereocenters. The van der Waals surface area contributed by atoms with Gasteiger partial charge in [0.25, 0.3) is 5.91 Å². The molecule has 8 heteroatoms. The van der Waals surface area contributed by atoms with Crippen molar-refractivity contribution in [2.45, 2.75) is 13.8 Å². The van der Waals surface area contributed by atoms with E-state index in [0.717, 1.165) is 16.8 Å². The third-order valence-electron chi connectivity index (χ3n) is 3.80. The summed E-state index contributed by atoms with van der Waals surface area (Å²) in [6.07, 6.45) is 1.36. The number of carbonyl (C=O) groups is 1. The monoisotopic (exact) mass is 378 g/mol.